The lowest BCUT2D eigenvalue weighted by Gasteiger charge is -2.22. The van der Waals surface area contributed by atoms with Crippen LogP contribution in [0.25, 0.3) is 0 Å². The number of aliphatic hydroxyl groups is 1. The summed E-state index contributed by atoms with van der Waals surface area (Å²) in [5.41, 5.74) is 1.54. The van der Waals surface area contributed by atoms with Crippen LogP contribution in [0.2, 0.25) is 0 Å². The Morgan fingerprint density at radius 2 is 2.08 bits per heavy atom. The fourth-order valence-electron chi connectivity index (χ4n) is 4.28. The molecule has 126 valence electrons. The zero-order valence-corrected chi connectivity index (χ0v) is 13.4. The molecule has 0 radical (unpaired) electrons. The van der Waals surface area contributed by atoms with Crippen molar-refractivity contribution in [1.29, 1.82) is 0 Å². The first-order valence-electron chi connectivity index (χ1n) is 8.29. The molecule has 2 aromatic carbocycles. The number of nitrogens with zero attached hydrogens (tertiary/aromatic N) is 1. The summed E-state index contributed by atoms with van der Waals surface area (Å²) in [7, 11) is 0. The first kappa shape index (κ1) is 14.6. The molecule has 6 heteroatoms. The molecule has 2 aliphatic carbocycles. The van der Waals surface area contributed by atoms with Crippen LogP contribution in [0, 0.1) is 16.0 Å². The van der Waals surface area contributed by atoms with E-state index < -0.39 is 16.6 Å². The molecule has 2 aromatic rings. The third-order valence-electron chi connectivity index (χ3n) is 5.67. The molecule has 6 nitrogen and oxygen atoms in total. The Balaban J connectivity index is 1.67. The number of ketones is 1. The Bertz CT molecular complexity index is 968. The molecule has 5 rings (SSSR count). The van der Waals surface area contributed by atoms with Crippen LogP contribution in [-0.2, 0) is 5.79 Å². The number of benzene rings is 2. The predicted molar refractivity (Wildman–Crippen MR) is 87.7 cm³/mol. The largest absolute Gasteiger partial charge is 0.456 e. The number of hydrogen-bond donors (Lipinski definition) is 1. The van der Waals surface area contributed by atoms with Crippen LogP contribution in [-0.4, -0.2) is 15.8 Å². The number of hydrogen-bond acceptors (Lipinski definition) is 5. The van der Waals surface area contributed by atoms with E-state index in [0.29, 0.717) is 23.1 Å². The summed E-state index contributed by atoms with van der Waals surface area (Å²) in [6, 6.07) is 9.89. The molecule has 0 spiro atoms. The van der Waals surface area contributed by atoms with Gasteiger partial charge in [-0.25, -0.2) is 0 Å². The summed E-state index contributed by atoms with van der Waals surface area (Å²) >= 11 is 0. The Morgan fingerprint density at radius 1 is 1.32 bits per heavy atom. The standard InChI is InChI=1S/C19H15NO5/c1-9-7-13(9)10-5-6-11-15(8-10)25-19(22)16-12(18(21)17(11)19)3-2-4-14(16)20(23)24/h2-6,8-9,13,17,22H,7H2,1H3/t9-,13-,17?,19?/m1/s1. The minimum Gasteiger partial charge on any atom is -0.456 e. The van der Waals surface area contributed by atoms with E-state index in [1.165, 1.54) is 18.2 Å². The topological polar surface area (TPSA) is 89.7 Å². The lowest BCUT2D eigenvalue weighted by molar-refractivity contribution is -0.387. The lowest BCUT2D eigenvalue weighted by atomic mass is 9.91. The molecular weight excluding hydrogens is 322 g/mol. The van der Waals surface area contributed by atoms with Crippen LogP contribution in [0.15, 0.2) is 36.4 Å². The highest BCUT2D eigenvalue weighted by atomic mass is 16.6. The van der Waals surface area contributed by atoms with Gasteiger partial charge in [-0.2, -0.15) is 0 Å². The zero-order chi connectivity index (χ0) is 17.5. The van der Waals surface area contributed by atoms with Gasteiger partial charge in [0.25, 0.3) is 11.5 Å². The Morgan fingerprint density at radius 3 is 2.76 bits per heavy atom. The van der Waals surface area contributed by atoms with Gasteiger partial charge in [-0.3, -0.25) is 14.9 Å². The smallest absolute Gasteiger partial charge is 0.279 e. The van der Waals surface area contributed by atoms with Crippen molar-refractivity contribution in [2.24, 2.45) is 5.92 Å². The van der Waals surface area contributed by atoms with E-state index in [0.717, 1.165) is 12.0 Å². The number of carbonyl (C=O) groups is 1. The summed E-state index contributed by atoms with van der Waals surface area (Å²) < 4.78 is 5.79. The van der Waals surface area contributed by atoms with Gasteiger partial charge >= 0.3 is 0 Å². The maximum atomic E-state index is 12.8. The monoisotopic (exact) mass is 337 g/mol. The van der Waals surface area contributed by atoms with E-state index in [2.05, 4.69) is 6.92 Å². The average Bonchev–Trinajstić information content (AvgIpc) is 3.17. The Labute approximate surface area is 143 Å². The highest BCUT2D eigenvalue weighted by Gasteiger charge is 2.62. The first-order valence-corrected chi connectivity index (χ1v) is 8.29. The lowest BCUT2D eigenvalue weighted by Crippen LogP contribution is -2.33. The second-order valence-electron chi connectivity index (χ2n) is 7.17. The number of carbonyl (C=O) groups excluding carboxylic acids is 1. The molecule has 1 saturated carbocycles. The van der Waals surface area contributed by atoms with Crippen molar-refractivity contribution >= 4 is 11.5 Å². The third-order valence-corrected chi connectivity index (χ3v) is 5.67. The molecular formula is C19H15NO5. The van der Waals surface area contributed by atoms with Gasteiger partial charge in [0, 0.05) is 17.2 Å². The van der Waals surface area contributed by atoms with E-state index in [9.17, 15) is 20.0 Å². The summed E-state index contributed by atoms with van der Waals surface area (Å²) in [5.74, 6) is -1.77. The molecule has 2 unspecified atom stereocenters. The van der Waals surface area contributed by atoms with E-state index in [-0.39, 0.29) is 22.6 Å². The second kappa shape index (κ2) is 4.46. The molecule has 0 bridgehead atoms. The summed E-state index contributed by atoms with van der Waals surface area (Å²) in [5, 5.41) is 22.5. The highest BCUT2D eigenvalue weighted by molar-refractivity contribution is 6.08. The summed E-state index contributed by atoms with van der Waals surface area (Å²) in [6.45, 7) is 2.17. The number of nitro benzene ring substituents is 1. The summed E-state index contributed by atoms with van der Waals surface area (Å²) in [6.07, 6.45) is 1.11. The number of ether oxygens (including phenoxy) is 1. The molecule has 1 N–H and O–H groups in total. The molecule has 3 aliphatic rings. The van der Waals surface area contributed by atoms with Gasteiger partial charge in [0.2, 0.25) is 0 Å². The number of Topliss-reactive ketones (excluding diaryl/α,β-unsaturated/α-hetero) is 1. The fraction of sp³-hybridized carbons (Fsp3) is 0.316. The van der Waals surface area contributed by atoms with Crippen molar-refractivity contribution in [2.45, 2.75) is 31.0 Å². The first-order chi connectivity index (χ1) is 11.9. The quantitative estimate of drug-likeness (QED) is 0.671. The van der Waals surface area contributed by atoms with Crippen LogP contribution >= 0.6 is 0 Å². The van der Waals surface area contributed by atoms with Gasteiger partial charge in [0.1, 0.15) is 17.2 Å². The van der Waals surface area contributed by atoms with Gasteiger partial charge in [-0.1, -0.05) is 31.2 Å². The maximum Gasteiger partial charge on any atom is 0.279 e. The Hall–Kier alpha value is -2.73. The third kappa shape index (κ3) is 1.75. The number of fused-ring (bicyclic) bond motifs is 5. The van der Waals surface area contributed by atoms with Crippen LogP contribution in [0.5, 0.6) is 5.75 Å². The highest BCUT2D eigenvalue weighted by Crippen LogP contribution is 2.58. The maximum absolute atomic E-state index is 12.8. The SMILES string of the molecule is C[C@@H]1C[C@H]1c1ccc2c(c1)OC1(O)c3c(cccc3[N+](=O)[O-])C(=O)C21. The average molecular weight is 337 g/mol. The normalized spacial score (nSPS) is 31.1. The van der Waals surface area contributed by atoms with Crippen molar-refractivity contribution < 1.29 is 19.6 Å². The van der Waals surface area contributed by atoms with Crippen LogP contribution in [0.4, 0.5) is 5.69 Å². The van der Waals surface area contributed by atoms with Gasteiger partial charge < -0.3 is 9.84 Å². The van der Waals surface area contributed by atoms with Crippen molar-refractivity contribution in [3.05, 3.63) is 68.8 Å². The zero-order valence-electron chi connectivity index (χ0n) is 13.4. The summed E-state index contributed by atoms with van der Waals surface area (Å²) in [4.78, 5) is 23.6. The van der Waals surface area contributed by atoms with Crippen LogP contribution < -0.4 is 4.74 Å². The van der Waals surface area contributed by atoms with Gasteiger partial charge in [0.05, 0.1) is 4.92 Å². The molecule has 1 heterocycles. The van der Waals surface area contributed by atoms with Crippen molar-refractivity contribution in [3.63, 3.8) is 0 Å². The molecule has 25 heavy (non-hydrogen) atoms. The van der Waals surface area contributed by atoms with Crippen LogP contribution in [0.3, 0.4) is 0 Å². The van der Waals surface area contributed by atoms with E-state index in [1.807, 2.05) is 18.2 Å². The van der Waals surface area contributed by atoms with E-state index in [4.69, 9.17) is 4.74 Å². The Kier molecular flexibility index (Phi) is 2.60. The second-order valence-corrected chi connectivity index (χ2v) is 7.17. The van der Waals surface area contributed by atoms with Gasteiger partial charge in [-0.15, -0.1) is 0 Å². The molecule has 0 aromatic heterocycles. The van der Waals surface area contributed by atoms with Gasteiger partial charge in [0.15, 0.2) is 5.78 Å². The predicted octanol–water partition coefficient (Wildman–Crippen LogP) is 3.24. The molecule has 4 atom stereocenters. The fourth-order valence-corrected chi connectivity index (χ4v) is 4.28. The minimum atomic E-state index is -2.01. The van der Waals surface area contributed by atoms with Crippen molar-refractivity contribution in [3.8, 4) is 5.75 Å². The van der Waals surface area contributed by atoms with Crippen molar-refractivity contribution in [1.82, 2.24) is 0 Å². The molecule has 1 aliphatic heterocycles. The van der Waals surface area contributed by atoms with Gasteiger partial charge in [-0.05, 0) is 29.9 Å². The number of nitro groups is 1. The molecule has 0 saturated heterocycles. The molecule has 0 amide bonds. The van der Waals surface area contributed by atoms with Crippen LogP contribution in [0.1, 0.15) is 52.2 Å². The molecule has 1 fully saturated rings. The van der Waals surface area contributed by atoms with E-state index in [1.54, 1.807) is 0 Å². The van der Waals surface area contributed by atoms with Crippen molar-refractivity contribution in [2.75, 3.05) is 0 Å². The van der Waals surface area contributed by atoms with E-state index >= 15 is 0 Å². The minimum absolute atomic E-state index is 0.0347. The number of rotatable bonds is 2.